The zero-order valence-electron chi connectivity index (χ0n) is 43.0. The first-order chi connectivity index (χ1) is 36.7. The van der Waals surface area contributed by atoms with Crippen LogP contribution < -0.4 is 26.0 Å². The number of benzene rings is 1. The lowest BCUT2D eigenvalue weighted by atomic mass is 9.99. The minimum absolute atomic E-state index is 0.0105. The summed E-state index contributed by atoms with van der Waals surface area (Å²) >= 11 is 1.84. The number of carbonyl (C=O) groups is 7. The Bertz CT molecular complexity index is 2140. The fraction of sp³-hybridized carbons (Fsp3) is 0.723. The van der Waals surface area contributed by atoms with E-state index in [2.05, 4.69) is 21.3 Å². The van der Waals surface area contributed by atoms with Crippen LogP contribution in [0.4, 0.5) is 15.3 Å². The maximum Gasteiger partial charge on any atom is 0.407 e. The van der Waals surface area contributed by atoms with Crippen LogP contribution in [0.25, 0.3) is 0 Å². The Morgan fingerprint density at radius 1 is 0.870 bits per heavy atom. The number of rotatable bonds is 27. The number of hydrogen-bond acceptors (Lipinski definition) is 21. The first-order valence-electron chi connectivity index (χ1n) is 25.7. The van der Waals surface area contributed by atoms with E-state index in [-0.39, 0.29) is 107 Å². The highest BCUT2D eigenvalue weighted by atomic mass is 32.2. The monoisotopic (exact) mass is 1110 g/mol. The van der Waals surface area contributed by atoms with Crippen LogP contribution in [0, 0.1) is 10.1 Å². The molecule has 5 amide bonds. The molecule has 0 aromatic heterocycles. The van der Waals surface area contributed by atoms with E-state index >= 15 is 0 Å². The van der Waals surface area contributed by atoms with E-state index in [9.17, 15) is 79.4 Å². The molecule has 4 heterocycles. The Morgan fingerprint density at radius 3 is 2.16 bits per heavy atom. The standard InChI is InChI=1S/C47H74N10O19S/c1-52(36(60)9-5-4-7-34-39-31(28-77-34)49-46(70)51-39)13-6-2-3-8-35(59)50-43(44(68)69)56-21-19-54(24-37(61)62)17-15-53(16-18-55(20-22-56)25-38(63)64)14-12-48-47(71)74-27-29-10-11-30(23-32(29)57(72)73)75-45-42(67)41(66)40(65)33(26-58)76-45/h10-11,23,31,33-34,39-43,45,58,65-67H,2-9,12-22,24-28H2,1H3,(H,48,71)(H,50,59)(H,61,62)(H,63,64)(H,68,69)(H2,49,51,70). The number of alkyl carbamates (subject to hydrolysis) is 1. The van der Waals surface area contributed by atoms with Crippen LogP contribution in [0.1, 0.15) is 56.9 Å². The highest BCUT2D eigenvalue weighted by Crippen LogP contribution is 2.33. The van der Waals surface area contributed by atoms with Gasteiger partial charge in [0.2, 0.25) is 18.1 Å². The molecule has 1 aromatic carbocycles. The first-order valence-corrected chi connectivity index (χ1v) is 26.7. The molecule has 432 valence electrons. The summed E-state index contributed by atoms with van der Waals surface area (Å²) in [6, 6.07) is 3.61. The molecule has 0 aliphatic carbocycles. The van der Waals surface area contributed by atoms with Crippen LogP contribution in [-0.2, 0) is 40.1 Å². The van der Waals surface area contributed by atoms with E-state index in [4.69, 9.17) is 14.2 Å². The quantitative estimate of drug-likeness (QED) is 0.0190. The molecule has 11 N–H and O–H groups in total. The minimum atomic E-state index is -1.77. The number of ether oxygens (including phenoxy) is 3. The number of urea groups is 1. The van der Waals surface area contributed by atoms with Crippen molar-refractivity contribution in [1.82, 2.24) is 45.8 Å². The first kappa shape index (κ1) is 62.1. The smallest absolute Gasteiger partial charge is 0.407 e. The van der Waals surface area contributed by atoms with Gasteiger partial charge in [-0.2, -0.15) is 11.8 Å². The lowest BCUT2D eigenvalue weighted by molar-refractivity contribution is -0.386. The number of hydrogen-bond donors (Lipinski definition) is 11. The van der Waals surface area contributed by atoms with Gasteiger partial charge >= 0.3 is 30.0 Å². The van der Waals surface area contributed by atoms with Crippen molar-refractivity contribution in [2.75, 3.05) is 104 Å². The Balaban J connectivity index is 1.07. The van der Waals surface area contributed by atoms with Crippen molar-refractivity contribution in [1.29, 1.82) is 0 Å². The summed E-state index contributed by atoms with van der Waals surface area (Å²) in [5, 5.41) is 93.0. The summed E-state index contributed by atoms with van der Waals surface area (Å²) < 4.78 is 16.0. The van der Waals surface area contributed by atoms with Crippen LogP contribution in [0.15, 0.2) is 18.2 Å². The molecule has 4 aliphatic rings. The van der Waals surface area contributed by atoms with Crippen molar-refractivity contribution in [2.24, 2.45) is 0 Å². The van der Waals surface area contributed by atoms with Gasteiger partial charge in [-0.15, -0.1) is 0 Å². The summed E-state index contributed by atoms with van der Waals surface area (Å²) in [6.45, 7) is -0.556. The predicted molar refractivity (Wildman–Crippen MR) is 271 cm³/mol. The number of amides is 5. The topological polar surface area (TPSA) is 396 Å². The van der Waals surface area contributed by atoms with Crippen molar-refractivity contribution < 1.29 is 88.4 Å². The molecule has 4 fully saturated rings. The normalized spacial score (nSPS) is 25.2. The average molecular weight is 1120 g/mol. The molecule has 4 saturated heterocycles. The summed E-state index contributed by atoms with van der Waals surface area (Å²) in [6.07, 6.45) is -5.92. The number of fused-ring (bicyclic) bond motifs is 1. The number of nitro groups is 1. The molecule has 4 aliphatic heterocycles. The van der Waals surface area contributed by atoms with E-state index in [1.807, 2.05) is 16.7 Å². The molecular formula is C47H74N10O19S. The fourth-order valence-corrected chi connectivity index (χ4v) is 10.9. The number of aliphatic hydroxyl groups is 4. The van der Waals surface area contributed by atoms with E-state index in [0.29, 0.717) is 37.5 Å². The van der Waals surface area contributed by atoms with Crippen LogP contribution in [0.3, 0.4) is 0 Å². The zero-order valence-corrected chi connectivity index (χ0v) is 43.8. The van der Waals surface area contributed by atoms with Gasteiger partial charge in [0.15, 0.2) is 6.17 Å². The van der Waals surface area contributed by atoms with Gasteiger partial charge in [-0.05, 0) is 37.8 Å². The molecule has 5 rings (SSSR count). The second-order valence-corrected chi connectivity index (χ2v) is 20.7. The lowest BCUT2D eigenvalue weighted by Gasteiger charge is -2.39. The highest BCUT2D eigenvalue weighted by Gasteiger charge is 2.45. The van der Waals surface area contributed by atoms with Gasteiger partial charge < -0.3 is 76.1 Å². The molecule has 0 radical (unpaired) electrons. The van der Waals surface area contributed by atoms with Crippen molar-refractivity contribution >= 4 is 59.3 Å². The van der Waals surface area contributed by atoms with Gasteiger partial charge in [-0.1, -0.05) is 12.8 Å². The van der Waals surface area contributed by atoms with E-state index in [1.54, 1.807) is 21.7 Å². The summed E-state index contributed by atoms with van der Waals surface area (Å²) in [4.78, 5) is 106. The van der Waals surface area contributed by atoms with Crippen LogP contribution in [0.5, 0.6) is 5.75 Å². The average Bonchev–Trinajstić information content (AvgIpc) is 3.94. The molecule has 29 nitrogen and oxygen atoms in total. The summed E-state index contributed by atoms with van der Waals surface area (Å²) in [5.74, 6) is -3.45. The molecule has 1 aromatic rings. The molecule has 30 heteroatoms. The summed E-state index contributed by atoms with van der Waals surface area (Å²) in [7, 11) is 1.74. The van der Waals surface area contributed by atoms with Gasteiger partial charge in [0.05, 0.1) is 48.3 Å². The molecule has 0 bridgehead atoms. The number of thioether (sulfide) groups is 1. The van der Waals surface area contributed by atoms with Crippen molar-refractivity contribution in [3.05, 3.63) is 33.9 Å². The summed E-state index contributed by atoms with van der Waals surface area (Å²) in [5.41, 5.74) is -0.573. The number of carbonyl (C=O) groups excluding carboxylic acids is 4. The van der Waals surface area contributed by atoms with E-state index in [0.717, 1.165) is 31.1 Å². The largest absolute Gasteiger partial charge is 0.480 e. The molecule has 0 spiro atoms. The number of aliphatic carboxylic acids is 3. The lowest BCUT2D eigenvalue weighted by Crippen LogP contribution is -2.60. The highest BCUT2D eigenvalue weighted by molar-refractivity contribution is 8.00. The van der Waals surface area contributed by atoms with Crippen molar-refractivity contribution in [3.63, 3.8) is 0 Å². The van der Waals surface area contributed by atoms with Crippen LogP contribution >= 0.6 is 11.8 Å². The number of nitrogens with one attached hydrogen (secondary N) is 4. The van der Waals surface area contributed by atoms with Gasteiger partial charge in [0.1, 0.15) is 36.8 Å². The van der Waals surface area contributed by atoms with Gasteiger partial charge in [-0.3, -0.25) is 48.9 Å². The third-order valence-corrected chi connectivity index (χ3v) is 15.3. The maximum atomic E-state index is 13.2. The maximum absolute atomic E-state index is 13.2. The fourth-order valence-electron chi connectivity index (χ4n) is 9.38. The number of nitrogens with zero attached hydrogens (tertiary/aromatic N) is 6. The second kappa shape index (κ2) is 31.0. The van der Waals surface area contributed by atoms with Crippen LogP contribution in [0.2, 0.25) is 0 Å². The van der Waals surface area contributed by atoms with Crippen molar-refractivity contribution in [2.45, 2.75) is 112 Å². The van der Waals surface area contributed by atoms with Gasteiger partial charge in [-0.25, -0.2) is 14.4 Å². The Kier molecular flexibility index (Phi) is 25.0. The van der Waals surface area contributed by atoms with Crippen LogP contribution in [-0.4, -0.2) is 266 Å². The Hall–Kier alpha value is -5.70. The Labute approximate surface area is 448 Å². The van der Waals surface area contributed by atoms with E-state index in [1.165, 1.54) is 17.0 Å². The minimum Gasteiger partial charge on any atom is -0.480 e. The SMILES string of the molecule is CN(CCCCCC(=O)NC(C(=O)O)N1CCN(CC(=O)O)CCN(CCNC(=O)OCc2ccc(OC3OC(CO)C(O)C(O)C3O)cc2[N+](=O)[O-])CCN(CC(=O)O)CC1)C(=O)CCCCC1SCC2NC(=O)NC21. The number of nitro benzene ring substituents is 1. The molecule has 0 saturated carbocycles. The molecule has 77 heavy (non-hydrogen) atoms. The number of unbranched alkanes of at least 4 members (excludes halogenated alkanes) is 3. The van der Waals surface area contributed by atoms with Gasteiger partial charge in [0.25, 0.3) is 5.69 Å². The predicted octanol–water partition coefficient (Wildman–Crippen LogP) is -2.34. The van der Waals surface area contributed by atoms with E-state index < -0.39 is 104 Å². The third kappa shape index (κ3) is 19.9. The van der Waals surface area contributed by atoms with Gasteiger partial charge in [0, 0.05) is 103 Å². The Morgan fingerprint density at radius 2 is 1.52 bits per heavy atom. The molecule has 9 atom stereocenters. The molecular weight excluding hydrogens is 1040 g/mol. The van der Waals surface area contributed by atoms with Crippen molar-refractivity contribution in [3.8, 4) is 5.75 Å². The molecule has 9 unspecified atom stereocenters. The zero-order chi connectivity index (χ0) is 56.2. The number of carboxylic acid groups (broad SMARTS) is 3. The third-order valence-electron chi connectivity index (χ3n) is 13.8. The second-order valence-electron chi connectivity index (χ2n) is 19.4. The number of carboxylic acids is 3. The number of aliphatic hydroxyl groups excluding tert-OH is 4.